The maximum atomic E-state index is 12.8. The van der Waals surface area contributed by atoms with Gasteiger partial charge in [0.05, 0.1) is 15.0 Å². The molecule has 17 heavy (non-hydrogen) atoms. The minimum absolute atomic E-state index is 0.00850. The number of alkyl halides is 1. The topological polar surface area (TPSA) is 68.3 Å². The fourth-order valence-electron chi connectivity index (χ4n) is 1.52. The summed E-state index contributed by atoms with van der Waals surface area (Å²) in [6.07, 6.45) is -0.346. The molecule has 0 aromatic heterocycles. The molecule has 4 nitrogen and oxygen atoms in total. The van der Waals surface area contributed by atoms with Crippen LogP contribution in [0.2, 0.25) is 0 Å². The fraction of sp³-hybridized carbons (Fsp3) is 0.400. The highest BCUT2D eigenvalue weighted by atomic mass is 32.2. The Hall–Kier alpha value is -0.950. The van der Waals surface area contributed by atoms with Crippen molar-refractivity contribution in [3.8, 4) is 0 Å². The van der Waals surface area contributed by atoms with Crippen LogP contribution < -0.4 is 0 Å². The van der Waals surface area contributed by atoms with Gasteiger partial charge in [0.25, 0.3) is 0 Å². The largest absolute Gasteiger partial charge is 0.246 e. The lowest BCUT2D eigenvalue weighted by atomic mass is 10.4. The van der Waals surface area contributed by atoms with Crippen LogP contribution in [0.4, 0.5) is 4.39 Å². The highest BCUT2D eigenvalue weighted by Gasteiger charge is 2.48. The van der Waals surface area contributed by atoms with Crippen LogP contribution >= 0.6 is 0 Å². The van der Waals surface area contributed by atoms with Crippen LogP contribution in [-0.4, -0.2) is 34.5 Å². The van der Waals surface area contributed by atoms with Gasteiger partial charge < -0.3 is 0 Å². The maximum absolute atomic E-state index is 12.8. The molecule has 1 aromatic rings. The molecule has 1 fully saturated rings. The van der Waals surface area contributed by atoms with Crippen molar-refractivity contribution in [2.45, 2.75) is 27.6 Å². The molecule has 0 bridgehead atoms. The molecule has 2 rings (SSSR count). The fourth-order valence-corrected chi connectivity index (χ4v) is 4.00. The molecule has 0 radical (unpaired) electrons. The van der Waals surface area contributed by atoms with Gasteiger partial charge in [-0.25, -0.2) is 21.2 Å². The Bertz CT molecular complexity index is 649. The molecule has 0 heterocycles. The first-order chi connectivity index (χ1) is 7.73. The summed E-state index contributed by atoms with van der Waals surface area (Å²) in [7, 11) is -7.20. The van der Waals surface area contributed by atoms with Gasteiger partial charge in [0.2, 0.25) is 0 Å². The van der Waals surface area contributed by atoms with E-state index in [0.717, 1.165) is 12.3 Å². The average molecular weight is 278 g/mol. The Morgan fingerprint density at radius 3 is 2.18 bits per heavy atom. The Morgan fingerprint density at radius 2 is 1.71 bits per heavy atom. The zero-order chi connectivity index (χ0) is 12.8. The van der Waals surface area contributed by atoms with Crippen molar-refractivity contribution in [1.29, 1.82) is 0 Å². The van der Waals surface area contributed by atoms with Crippen molar-refractivity contribution in [3.05, 3.63) is 24.3 Å². The zero-order valence-corrected chi connectivity index (χ0v) is 10.6. The third-order valence-electron chi connectivity index (χ3n) is 2.62. The van der Waals surface area contributed by atoms with E-state index in [1.165, 1.54) is 18.2 Å². The second-order valence-corrected chi connectivity index (χ2v) is 8.26. The smallest absolute Gasteiger partial charge is 0.184 e. The molecule has 7 heteroatoms. The van der Waals surface area contributed by atoms with E-state index in [1.54, 1.807) is 0 Å². The van der Waals surface area contributed by atoms with Crippen LogP contribution in [0.1, 0.15) is 6.42 Å². The van der Waals surface area contributed by atoms with Crippen LogP contribution in [0.5, 0.6) is 0 Å². The summed E-state index contributed by atoms with van der Waals surface area (Å²) in [5.74, 6) is 0. The molecule has 0 spiro atoms. The summed E-state index contributed by atoms with van der Waals surface area (Å²) in [4.78, 5) is -0.208. The Labute approximate surface area is 99.3 Å². The minimum Gasteiger partial charge on any atom is -0.246 e. The standard InChI is InChI=1S/C10H11FO4S2/c1-16(12,13)7-3-2-4-8(5-7)17(14,15)10-6-9(10)11/h2-5,9-10H,6H2,1H3/t9-,10-/m1/s1. The lowest BCUT2D eigenvalue weighted by Crippen LogP contribution is -2.10. The molecular formula is C10H11FO4S2. The molecule has 94 valence electrons. The van der Waals surface area contributed by atoms with Gasteiger partial charge in [0.1, 0.15) is 6.17 Å². The Morgan fingerprint density at radius 1 is 1.18 bits per heavy atom. The second kappa shape index (κ2) is 3.78. The van der Waals surface area contributed by atoms with Gasteiger partial charge in [0.15, 0.2) is 19.7 Å². The second-order valence-electron chi connectivity index (χ2n) is 4.08. The molecule has 1 saturated carbocycles. The normalized spacial score (nSPS) is 24.6. The third kappa shape index (κ3) is 2.35. The van der Waals surface area contributed by atoms with Gasteiger partial charge in [-0.15, -0.1) is 0 Å². The Kier molecular flexibility index (Phi) is 2.78. The summed E-state index contributed by atoms with van der Waals surface area (Å²) in [6, 6.07) is 5.03. The number of sulfone groups is 2. The van der Waals surface area contributed by atoms with Crippen molar-refractivity contribution >= 4 is 19.7 Å². The van der Waals surface area contributed by atoms with Crippen LogP contribution in [-0.2, 0) is 19.7 Å². The van der Waals surface area contributed by atoms with Crippen molar-refractivity contribution in [3.63, 3.8) is 0 Å². The maximum Gasteiger partial charge on any atom is 0.184 e. The van der Waals surface area contributed by atoms with Crippen LogP contribution in [0.3, 0.4) is 0 Å². The van der Waals surface area contributed by atoms with Crippen molar-refractivity contribution < 1.29 is 21.2 Å². The number of hydrogen-bond acceptors (Lipinski definition) is 4. The van der Waals surface area contributed by atoms with Crippen molar-refractivity contribution in [2.24, 2.45) is 0 Å². The van der Waals surface area contributed by atoms with Gasteiger partial charge in [-0.3, -0.25) is 0 Å². The number of halogens is 1. The predicted molar refractivity (Wildman–Crippen MR) is 60.0 cm³/mol. The van der Waals surface area contributed by atoms with Crippen LogP contribution in [0, 0.1) is 0 Å². The zero-order valence-electron chi connectivity index (χ0n) is 9.00. The molecule has 1 aromatic carbocycles. The number of rotatable bonds is 3. The first-order valence-electron chi connectivity index (χ1n) is 4.91. The predicted octanol–water partition coefficient (Wildman–Crippen LogP) is 0.974. The molecule has 1 aliphatic rings. The summed E-state index contributed by atoms with van der Waals surface area (Å²) in [5.41, 5.74) is 0. The summed E-state index contributed by atoms with van der Waals surface area (Å²) < 4.78 is 59.1. The first kappa shape index (κ1) is 12.5. The van der Waals surface area contributed by atoms with Crippen LogP contribution in [0.15, 0.2) is 34.1 Å². The van der Waals surface area contributed by atoms with E-state index in [2.05, 4.69) is 0 Å². The minimum atomic E-state index is -3.74. The molecule has 0 amide bonds. The van der Waals surface area contributed by atoms with Gasteiger partial charge in [-0.05, 0) is 24.6 Å². The van der Waals surface area contributed by atoms with Crippen molar-refractivity contribution in [1.82, 2.24) is 0 Å². The van der Waals surface area contributed by atoms with E-state index in [4.69, 9.17) is 0 Å². The van der Waals surface area contributed by atoms with E-state index in [-0.39, 0.29) is 16.2 Å². The molecular weight excluding hydrogens is 267 g/mol. The number of hydrogen-bond donors (Lipinski definition) is 0. The monoisotopic (exact) mass is 278 g/mol. The quantitative estimate of drug-likeness (QED) is 0.826. The highest BCUT2D eigenvalue weighted by molar-refractivity contribution is 7.92. The molecule has 0 N–H and O–H groups in total. The van der Waals surface area contributed by atoms with Gasteiger partial charge in [0, 0.05) is 6.26 Å². The van der Waals surface area contributed by atoms with E-state index in [1.807, 2.05) is 0 Å². The van der Waals surface area contributed by atoms with E-state index < -0.39 is 31.1 Å². The van der Waals surface area contributed by atoms with E-state index >= 15 is 0 Å². The van der Waals surface area contributed by atoms with Crippen LogP contribution in [0.25, 0.3) is 0 Å². The highest BCUT2D eigenvalue weighted by Crippen LogP contribution is 2.37. The SMILES string of the molecule is CS(=O)(=O)c1cccc(S(=O)(=O)[C@@H]2C[C@H]2F)c1. The summed E-state index contributed by atoms with van der Waals surface area (Å²) in [6.45, 7) is 0. The van der Waals surface area contributed by atoms with E-state index in [0.29, 0.717) is 0 Å². The first-order valence-corrected chi connectivity index (χ1v) is 8.35. The summed E-state index contributed by atoms with van der Waals surface area (Å²) in [5, 5.41) is -1.02. The number of benzene rings is 1. The van der Waals surface area contributed by atoms with Crippen molar-refractivity contribution in [2.75, 3.05) is 6.26 Å². The molecule has 2 atom stereocenters. The third-order valence-corrected chi connectivity index (χ3v) is 5.92. The lowest BCUT2D eigenvalue weighted by Gasteiger charge is -2.04. The molecule has 0 saturated heterocycles. The average Bonchev–Trinajstić information content (AvgIpc) is 2.95. The van der Waals surface area contributed by atoms with Gasteiger partial charge in [-0.1, -0.05) is 6.07 Å². The van der Waals surface area contributed by atoms with Gasteiger partial charge >= 0.3 is 0 Å². The van der Waals surface area contributed by atoms with Gasteiger partial charge in [-0.2, -0.15) is 0 Å². The molecule has 0 unspecified atom stereocenters. The summed E-state index contributed by atoms with van der Waals surface area (Å²) >= 11 is 0. The van der Waals surface area contributed by atoms with E-state index in [9.17, 15) is 21.2 Å². The lowest BCUT2D eigenvalue weighted by molar-refractivity contribution is 0.477. The molecule has 0 aliphatic heterocycles. The Balaban J connectivity index is 2.48. The molecule has 1 aliphatic carbocycles.